The molecule has 0 aliphatic rings. The average molecular weight is 563 g/mol. The van der Waals surface area contributed by atoms with E-state index in [9.17, 15) is 14.7 Å². The van der Waals surface area contributed by atoms with Crippen LogP contribution in [0, 0.1) is 0 Å². The Morgan fingerprint density at radius 2 is 1.80 bits per heavy atom. The van der Waals surface area contributed by atoms with Gasteiger partial charge >= 0.3 is 12.2 Å². The molecule has 0 aliphatic heterocycles. The third kappa shape index (κ3) is 6.29. The molecule has 0 atom stereocenters. The molecule has 11 heteroatoms. The van der Waals surface area contributed by atoms with Crippen molar-refractivity contribution in [3.63, 3.8) is 0 Å². The summed E-state index contributed by atoms with van der Waals surface area (Å²) in [6, 6.07) is 7.27. The van der Waals surface area contributed by atoms with E-state index in [1.54, 1.807) is 44.3 Å². The number of carbonyl (C=O) groups is 2. The normalized spacial score (nSPS) is 11.9. The van der Waals surface area contributed by atoms with Gasteiger partial charge in [-0.05, 0) is 49.4 Å². The van der Waals surface area contributed by atoms with Crippen molar-refractivity contribution in [2.75, 3.05) is 19.5 Å². The minimum absolute atomic E-state index is 0.328. The number of ether oxygens (including phenoxy) is 2. The number of pyridine rings is 1. The number of nitrogens with one attached hydrogen (secondary N) is 1. The fourth-order valence-corrected chi connectivity index (χ4v) is 4.78. The number of hydrogen-bond donors (Lipinski definition) is 2. The molecule has 0 saturated heterocycles. The monoisotopic (exact) mass is 562 g/mol. The van der Waals surface area contributed by atoms with Crippen molar-refractivity contribution >= 4 is 34.6 Å². The molecule has 218 valence electrons. The van der Waals surface area contributed by atoms with Crippen LogP contribution < -0.4 is 10.1 Å². The zero-order valence-corrected chi connectivity index (χ0v) is 25.1. The van der Waals surface area contributed by atoms with Crippen LogP contribution in [-0.2, 0) is 23.7 Å². The lowest BCUT2D eigenvalue weighted by atomic mass is 9.84. The largest absolute Gasteiger partial charge is 0.495 e. The average Bonchev–Trinajstić information content (AvgIpc) is 3.44. The van der Waals surface area contributed by atoms with E-state index in [0.29, 0.717) is 40.6 Å². The molecule has 3 heterocycles. The number of rotatable bonds is 6. The van der Waals surface area contributed by atoms with Crippen LogP contribution in [0.25, 0.3) is 22.2 Å². The smallest absolute Gasteiger partial charge is 0.416 e. The van der Waals surface area contributed by atoms with Gasteiger partial charge in [0.2, 0.25) is 0 Å². The summed E-state index contributed by atoms with van der Waals surface area (Å²) in [5.74, 6) is 0.995. The number of aromatic nitrogens is 4. The Labute approximate surface area is 239 Å². The Morgan fingerprint density at radius 3 is 2.37 bits per heavy atom. The molecule has 0 fully saturated rings. The summed E-state index contributed by atoms with van der Waals surface area (Å²) in [7, 11) is 5.03. The van der Waals surface area contributed by atoms with E-state index >= 15 is 0 Å². The Morgan fingerprint density at radius 1 is 1.10 bits per heavy atom. The van der Waals surface area contributed by atoms with Gasteiger partial charge in [-0.25, -0.2) is 19.1 Å². The van der Waals surface area contributed by atoms with Crippen molar-refractivity contribution in [1.29, 1.82) is 0 Å². The highest BCUT2D eigenvalue weighted by Crippen LogP contribution is 2.41. The maximum atomic E-state index is 12.6. The van der Waals surface area contributed by atoms with Crippen molar-refractivity contribution in [3.8, 4) is 17.0 Å². The molecule has 41 heavy (non-hydrogen) atoms. The van der Waals surface area contributed by atoms with Gasteiger partial charge in [0, 0.05) is 50.0 Å². The van der Waals surface area contributed by atoms with Gasteiger partial charge in [-0.1, -0.05) is 26.8 Å². The Bertz CT molecular complexity index is 1610. The second-order valence-electron chi connectivity index (χ2n) is 12.1. The van der Waals surface area contributed by atoms with Crippen molar-refractivity contribution in [3.05, 3.63) is 54.0 Å². The second-order valence-corrected chi connectivity index (χ2v) is 12.1. The minimum atomic E-state index is -1.10. The van der Waals surface area contributed by atoms with Gasteiger partial charge in [0.15, 0.2) is 0 Å². The van der Waals surface area contributed by atoms with Crippen LogP contribution in [0.1, 0.15) is 52.7 Å². The van der Waals surface area contributed by atoms with Gasteiger partial charge in [-0.3, -0.25) is 4.68 Å². The molecular formula is C30H38N6O5. The number of carbonyl (C=O) groups excluding carboxylic acids is 1. The maximum Gasteiger partial charge on any atom is 0.416 e. The van der Waals surface area contributed by atoms with Crippen LogP contribution in [0.3, 0.4) is 0 Å². The number of amides is 1. The quantitative estimate of drug-likeness (QED) is 0.277. The van der Waals surface area contributed by atoms with Crippen LogP contribution >= 0.6 is 0 Å². The van der Waals surface area contributed by atoms with Gasteiger partial charge in [0.05, 0.1) is 30.2 Å². The van der Waals surface area contributed by atoms with Gasteiger partial charge in [-0.15, -0.1) is 0 Å². The standard InChI is InChI=1S/C30H38N6O5/c1-29(2,3)25-20-15-31-24(13-22(20)36(27(37)38)26(25)19-14-32-35(8)17-19)33-21-11-10-18(12-23(21)40-9)16-34(7)28(39)41-30(4,5)6/h10-15,17H,16H2,1-9H3,(H,31,33)(H,37,38). The van der Waals surface area contributed by atoms with Crippen LogP contribution in [0.5, 0.6) is 5.75 Å². The summed E-state index contributed by atoms with van der Waals surface area (Å²) in [6.07, 6.45) is 3.66. The first-order chi connectivity index (χ1) is 19.1. The van der Waals surface area contributed by atoms with Crippen LogP contribution in [0.2, 0.25) is 0 Å². The minimum Gasteiger partial charge on any atom is -0.495 e. The van der Waals surface area contributed by atoms with Crippen LogP contribution in [-0.4, -0.2) is 61.3 Å². The second kappa shape index (κ2) is 10.8. The number of carboxylic acid groups (broad SMARTS) is 1. The number of fused-ring (bicyclic) bond motifs is 1. The lowest BCUT2D eigenvalue weighted by Gasteiger charge is -2.25. The number of methoxy groups -OCH3 is 1. The van der Waals surface area contributed by atoms with Crippen molar-refractivity contribution in [2.45, 2.75) is 59.1 Å². The molecule has 11 nitrogen and oxygen atoms in total. The van der Waals surface area contributed by atoms with Crippen LogP contribution in [0.15, 0.2) is 42.9 Å². The highest BCUT2D eigenvalue weighted by molar-refractivity contribution is 6.00. The molecule has 1 aromatic carbocycles. The fraction of sp³-hybridized carbons (Fsp3) is 0.400. The molecule has 0 bridgehead atoms. The highest BCUT2D eigenvalue weighted by atomic mass is 16.6. The molecule has 0 spiro atoms. The first-order valence-corrected chi connectivity index (χ1v) is 13.2. The zero-order chi connectivity index (χ0) is 30.3. The fourth-order valence-electron chi connectivity index (χ4n) is 4.78. The molecule has 1 amide bonds. The lowest BCUT2D eigenvalue weighted by Crippen LogP contribution is -2.33. The Hall–Kier alpha value is -4.54. The number of hydrogen-bond acceptors (Lipinski definition) is 7. The highest BCUT2D eigenvalue weighted by Gasteiger charge is 2.30. The van der Waals surface area contributed by atoms with Crippen molar-refractivity contribution in [1.82, 2.24) is 24.2 Å². The molecule has 4 rings (SSSR count). The molecule has 0 unspecified atom stereocenters. The van der Waals surface area contributed by atoms with E-state index in [2.05, 4.69) is 15.4 Å². The summed E-state index contributed by atoms with van der Waals surface area (Å²) >= 11 is 0. The molecule has 4 aromatic rings. The van der Waals surface area contributed by atoms with Crippen molar-refractivity contribution in [2.24, 2.45) is 7.05 Å². The van der Waals surface area contributed by atoms with Crippen molar-refractivity contribution < 1.29 is 24.2 Å². The summed E-state index contributed by atoms with van der Waals surface area (Å²) in [5.41, 5.74) is 3.19. The van der Waals surface area contributed by atoms with Gasteiger partial charge in [0.25, 0.3) is 0 Å². The first-order valence-electron chi connectivity index (χ1n) is 13.2. The number of nitrogens with zero attached hydrogens (tertiary/aromatic N) is 5. The summed E-state index contributed by atoms with van der Waals surface area (Å²) in [6.45, 7) is 11.9. The third-order valence-electron chi connectivity index (χ3n) is 6.43. The van der Waals surface area contributed by atoms with E-state index in [4.69, 9.17) is 9.47 Å². The molecular weight excluding hydrogens is 524 g/mol. The SMILES string of the molecule is COc1cc(CN(C)C(=O)OC(C)(C)C)ccc1Nc1cc2c(cn1)c(C(C)(C)C)c(-c1cnn(C)c1)n2C(=O)O. The van der Waals surface area contributed by atoms with E-state index in [0.717, 1.165) is 16.5 Å². The lowest BCUT2D eigenvalue weighted by molar-refractivity contribution is 0.0285. The number of aryl methyl sites for hydroxylation is 1. The van der Waals surface area contributed by atoms with E-state index in [1.165, 1.54) is 9.47 Å². The topological polar surface area (TPSA) is 124 Å². The number of benzene rings is 1. The molecule has 2 N–H and O–H groups in total. The summed E-state index contributed by atoms with van der Waals surface area (Å²) in [5, 5.41) is 18.6. The Balaban J connectivity index is 1.71. The van der Waals surface area contributed by atoms with E-state index < -0.39 is 17.8 Å². The Kier molecular flexibility index (Phi) is 7.75. The third-order valence-corrected chi connectivity index (χ3v) is 6.43. The number of anilines is 2. The van der Waals surface area contributed by atoms with Gasteiger partial charge in [0.1, 0.15) is 17.2 Å². The first kappa shape index (κ1) is 29.4. The molecule has 0 aliphatic carbocycles. The summed E-state index contributed by atoms with van der Waals surface area (Å²) in [4.78, 5) is 31.1. The molecule has 0 radical (unpaired) electrons. The molecule has 0 saturated carbocycles. The zero-order valence-electron chi connectivity index (χ0n) is 25.1. The van der Waals surface area contributed by atoms with Crippen LogP contribution in [0.4, 0.5) is 21.1 Å². The predicted octanol–water partition coefficient (Wildman–Crippen LogP) is 6.38. The summed E-state index contributed by atoms with van der Waals surface area (Å²) < 4.78 is 14.0. The molecule has 3 aromatic heterocycles. The van der Waals surface area contributed by atoms with Gasteiger partial charge < -0.3 is 24.8 Å². The van der Waals surface area contributed by atoms with E-state index in [1.807, 2.05) is 65.9 Å². The maximum absolute atomic E-state index is 12.6. The van der Waals surface area contributed by atoms with Gasteiger partial charge in [-0.2, -0.15) is 5.10 Å². The van der Waals surface area contributed by atoms with E-state index in [-0.39, 0.29) is 5.41 Å². The predicted molar refractivity (Wildman–Crippen MR) is 158 cm³/mol.